The van der Waals surface area contributed by atoms with Crippen molar-refractivity contribution in [1.29, 1.82) is 0 Å². The summed E-state index contributed by atoms with van der Waals surface area (Å²) in [6.45, 7) is 2.42. The minimum absolute atomic E-state index is 0.231. The van der Waals surface area contributed by atoms with Crippen LogP contribution in [0.25, 0.3) is 0 Å². The molecule has 100 valence electrons. The van der Waals surface area contributed by atoms with Crippen LogP contribution < -0.4 is 10.5 Å². The highest BCUT2D eigenvalue weighted by Gasteiger charge is 2.38. The minimum atomic E-state index is -4.48. The van der Waals surface area contributed by atoms with E-state index in [1.54, 1.807) is 6.92 Å². The highest BCUT2D eigenvalue weighted by molar-refractivity contribution is 5.97. The lowest BCUT2D eigenvalue weighted by Gasteiger charge is -2.17. The number of alkyl halides is 3. The molecular formula is C10H12F3N3O2. The Morgan fingerprint density at radius 1 is 1.50 bits per heavy atom. The standard InChI is InChI=1S/C10H12F3N3O2/c1-5-3-7(9(14)16-17)4-8(15-5)18-6(2)10(11,12)13/h3-4,6,17H,1-2H3,(H2,14,16). The van der Waals surface area contributed by atoms with Gasteiger partial charge in [0.05, 0.1) is 0 Å². The summed E-state index contributed by atoms with van der Waals surface area (Å²) in [7, 11) is 0. The smallest absolute Gasteiger partial charge is 0.425 e. The third-order valence-corrected chi connectivity index (χ3v) is 2.09. The van der Waals surface area contributed by atoms with Gasteiger partial charge in [0.2, 0.25) is 5.88 Å². The van der Waals surface area contributed by atoms with Crippen LogP contribution in [0, 0.1) is 6.92 Å². The van der Waals surface area contributed by atoms with Crippen LogP contribution in [-0.4, -0.2) is 28.3 Å². The molecule has 5 nitrogen and oxygen atoms in total. The number of ether oxygens (including phenoxy) is 1. The molecule has 0 aliphatic carbocycles. The van der Waals surface area contributed by atoms with Gasteiger partial charge in [-0.3, -0.25) is 0 Å². The molecule has 0 amide bonds. The fourth-order valence-corrected chi connectivity index (χ4v) is 1.15. The van der Waals surface area contributed by atoms with Crippen LogP contribution in [0.15, 0.2) is 17.3 Å². The van der Waals surface area contributed by atoms with Gasteiger partial charge in [-0.15, -0.1) is 0 Å². The van der Waals surface area contributed by atoms with Gasteiger partial charge in [-0.2, -0.15) is 13.2 Å². The first-order chi connectivity index (χ1) is 8.24. The van der Waals surface area contributed by atoms with E-state index in [0.717, 1.165) is 6.92 Å². The zero-order valence-electron chi connectivity index (χ0n) is 9.69. The number of hydrogen-bond acceptors (Lipinski definition) is 4. The van der Waals surface area contributed by atoms with Crippen molar-refractivity contribution in [1.82, 2.24) is 4.98 Å². The first-order valence-corrected chi connectivity index (χ1v) is 4.94. The highest BCUT2D eigenvalue weighted by Crippen LogP contribution is 2.24. The second-order valence-electron chi connectivity index (χ2n) is 3.62. The average molecular weight is 263 g/mol. The van der Waals surface area contributed by atoms with Crippen LogP contribution in [-0.2, 0) is 0 Å². The third-order valence-electron chi connectivity index (χ3n) is 2.09. The fraction of sp³-hybridized carbons (Fsp3) is 0.400. The first kappa shape index (κ1) is 14.1. The molecular weight excluding hydrogens is 251 g/mol. The van der Waals surface area contributed by atoms with Crippen LogP contribution in [0.4, 0.5) is 13.2 Å². The van der Waals surface area contributed by atoms with Crippen molar-refractivity contribution in [2.75, 3.05) is 0 Å². The van der Waals surface area contributed by atoms with Crippen molar-refractivity contribution in [3.05, 3.63) is 23.4 Å². The van der Waals surface area contributed by atoms with Crippen LogP contribution in [0.5, 0.6) is 5.88 Å². The van der Waals surface area contributed by atoms with Crippen LogP contribution >= 0.6 is 0 Å². The SMILES string of the molecule is Cc1cc(/C(N)=N/O)cc(OC(C)C(F)(F)F)n1. The molecule has 1 rings (SSSR count). The van der Waals surface area contributed by atoms with Crippen LogP contribution in [0.1, 0.15) is 18.2 Å². The van der Waals surface area contributed by atoms with Gasteiger partial charge in [0.15, 0.2) is 11.9 Å². The van der Waals surface area contributed by atoms with Crippen LogP contribution in [0.3, 0.4) is 0 Å². The van der Waals surface area contributed by atoms with E-state index in [0.29, 0.717) is 5.69 Å². The summed E-state index contributed by atoms with van der Waals surface area (Å²) in [5.41, 5.74) is 5.97. The lowest BCUT2D eigenvalue weighted by molar-refractivity contribution is -0.190. The summed E-state index contributed by atoms with van der Waals surface area (Å²) in [6, 6.07) is 2.63. The fourth-order valence-electron chi connectivity index (χ4n) is 1.15. The van der Waals surface area contributed by atoms with Gasteiger partial charge in [0, 0.05) is 17.3 Å². The number of pyridine rings is 1. The Kier molecular flexibility index (Phi) is 4.00. The molecule has 1 aromatic rings. The number of oxime groups is 1. The summed E-state index contributed by atoms with van der Waals surface area (Å²) in [5.74, 6) is -0.466. The number of amidine groups is 1. The van der Waals surface area contributed by atoms with Crippen molar-refractivity contribution < 1.29 is 23.1 Å². The van der Waals surface area contributed by atoms with E-state index in [2.05, 4.69) is 14.9 Å². The van der Waals surface area contributed by atoms with Crippen LogP contribution in [0.2, 0.25) is 0 Å². The third kappa shape index (κ3) is 3.51. The molecule has 0 radical (unpaired) electrons. The zero-order chi connectivity index (χ0) is 13.9. The summed E-state index contributed by atoms with van der Waals surface area (Å²) >= 11 is 0. The summed E-state index contributed by atoms with van der Waals surface area (Å²) in [4.78, 5) is 3.79. The number of halogens is 3. The molecule has 0 aliphatic rings. The average Bonchev–Trinajstić information content (AvgIpc) is 2.25. The van der Waals surface area contributed by atoms with E-state index in [9.17, 15) is 13.2 Å². The largest absolute Gasteiger partial charge is 0.465 e. The van der Waals surface area contributed by atoms with E-state index in [1.165, 1.54) is 12.1 Å². The summed E-state index contributed by atoms with van der Waals surface area (Å²) in [5, 5.41) is 11.3. The first-order valence-electron chi connectivity index (χ1n) is 4.94. The molecule has 1 aromatic heterocycles. The van der Waals surface area contributed by atoms with Crippen molar-refractivity contribution >= 4 is 5.84 Å². The molecule has 0 aliphatic heterocycles. The van der Waals surface area contributed by atoms with E-state index in [-0.39, 0.29) is 17.3 Å². The Hall–Kier alpha value is -1.99. The molecule has 1 atom stereocenters. The monoisotopic (exact) mass is 263 g/mol. The summed E-state index contributed by atoms with van der Waals surface area (Å²) in [6.07, 6.45) is -6.48. The van der Waals surface area contributed by atoms with Crippen molar-refractivity contribution in [3.63, 3.8) is 0 Å². The lowest BCUT2D eigenvalue weighted by Crippen LogP contribution is -2.31. The van der Waals surface area contributed by atoms with E-state index in [4.69, 9.17) is 10.9 Å². The predicted molar refractivity (Wildman–Crippen MR) is 57.6 cm³/mol. The lowest BCUT2D eigenvalue weighted by atomic mass is 10.2. The van der Waals surface area contributed by atoms with Gasteiger partial charge < -0.3 is 15.7 Å². The zero-order valence-corrected chi connectivity index (χ0v) is 9.69. The van der Waals surface area contributed by atoms with Gasteiger partial charge in [-0.1, -0.05) is 5.16 Å². The molecule has 18 heavy (non-hydrogen) atoms. The van der Waals surface area contributed by atoms with E-state index in [1.807, 2.05) is 0 Å². The Labute approximate surface area is 101 Å². The van der Waals surface area contributed by atoms with Gasteiger partial charge in [0.25, 0.3) is 0 Å². The van der Waals surface area contributed by atoms with Crippen molar-refractivity contribution in [2.45, 2.75) is 26.1 Å². The second-order valence-corrected chi connectivity index (χ2v) is 3.62. The van der Waals surface area contributed by atoms with Gasteiger partial charge in [-0.25, -0.2) is 4.98 Å². The molecule has 0 spiro atoms. The molecule has 0 aromatic carbocycles. The molecule has 0 bridgehead atoms. The number of nitrogens with two attached hydrogens (primary N) is 1. The summed E-state index contributed by atoms with van der Waals surface area (Å²) < 4.78 is 41.6. The predicted octanol–water partition coefficient (Wildman–Crippen LogP) is 1.81. The normalized spacial score (nSPS) is 14.4. The Bertz CT molecular complexity index is 460. The van der Waals surface area contributed by atoms with Crippen molar-refractivity contribution in [2.24, 2.45) is 10.9 Å². The number of aryl methyl sites for hydroxylation is 1. The molecule has 1 unspecified atom stereocenters. The molecule has 3 N–H and O–H groups in total. The van der Waals surface area contributed by atoms with E-state index < -0.39 is 12.3 Å². The number of nitrogens with zero attached hydrogens (tertiary/aromatic N) is 2. The van der Waals surface area contributed by atoms with E-state index >= 15 is 0 Å². The maximum atomic E-state index is 12.3. The quantitative estimate of drug-likeness (QED) is 0.377. The molecule has 0 saturated carbocycles. The number of rotatable bonds is 3. The maximum Gasteiger partial charge on any atom is 0.425 e. The number of aromatic nitrogens is 1. The number of hydrogen-bond donors (Lipinski definition) is 2. The highest BCUT2D eigenvalue weighted by atomic mass is 19.4. The Morgan fingerprint density at radius 2 is 2.11 bits per heavy atom. The minimum Gasteiger partial charge on any atom is -0.465 e. The topological polar surface area (TPSA) is 80.7 Å². The second kappa shape index (κ2) is 5.11. The molecule has 8 heteroatoms. The van der Waals surface area contributed by atoms with Crippen molar-refractivity contribution in [3.8, 4) is 5.88 Å². The Balaban J connectivity index is 3.01. The van der Waals surface area contributed by atoms with Gasteiger partial charge in [0.1, 0.15) is 0 Å². The van der Waals surface area contributed by atoms with Gasteiger partial charge in [-0.05, 0) is 19.9 Å². The molecule has 0 saturated heterocycles. The molecule has 1 heterocycles. The van der Waals surface area contributed by atoms with Gasteiger partial charge >= 0.3 is 6.18 Å². The molecule has 0 fully saturated rings. The Morgan fingerprint density at radius 3 is 2.61 bits per heavy atom. The maximum absolute atomic E-state index is 12.3.